The average Bonchev–Trinajstić information content (AvgIpc) is 2.53. The standard InChI is InChI=1S/C16H19NO6/c1-9-7-17(8-13(21-9)16(19)20)15(18)14-10(2)22-11-5-3-4-6-12(11)23-14/h3-6,9-10,13-14H,7-8H2,1-2H3,(H,19,20)/t9-,10?,13?,14?/m1/s1. The molecule has 1 amide bonds. The second kappa shape index (κ2) is 6.08. The van der Waals surface area contributed by atoms with Crippen LogP contribution in [0.3, 0.4) is 0 Å². The summed E-state index contributed by atoms with van der Waals surface area (Å²) in [5.41, 5.74) is 0. The van der Waals surface area contributed by atoms with E-state index < -0.39 is 24.3 Å². The highest BCUT2D eigenvalue weighted by Crippen LogP contribution is 2.34. The van der Waals surface area contributed by atoms with Gasteiger partial charge in [-0.2, -0.15) is 0 Å². The molecule has 4 atom stereocenters. The van der Waals surface area contributed by atoms with Gasteiger partial charge in [0.05, 0.1) is 12.6 Å². The molecule has 2 heterocycles. The first kappa shape index (κ1) is 15.6. The SMILES string of the molecule is CC1Oc2ccccc2OC1C(=O)N1CC(C(=O)O)O[C@H](C)C1. The van der Waals surface area contributed by atoms with E-state index in [0.29, 0.717) is 18.0 Å². The highest BCUT2D eigenvalue weighted by molar-refractivity contribution is 5.83. The summed E-state index contributed by atoms with van der Waals surface area (Å²) in [4.78, 5) is 25.4. The third kappa shape index (κ3) is 3.10. The smallest absolute Gasteiger partial charge is 0.334 e. The van der Waals surface area contributed by atoms with Crippen molar-refractivity contribution in [3.05, 3.63) is 24.3 Å². The zero-order chi connectivity index (χ0) is 16.6. The fourth-order valence-electron chi connectivity index (χ4n) is 2.84. The van der Waals surface area contributed by atoms with E-state index in [1.165, 1.54) is 4.90 Å². The number of morpholine rings is 1. The maximum Gasteiger partial charge on any atom is 0.334 e. The number of carbonyl (C=O) groups is 2. The summed E-state index contributed by atoms with van der Waals surface area (Å²) in [5.74, 6) is -0.246. The van der Waals surface area contributed by atoms with Gasteiger partial charge in [0.1, 0.15) is 6.10 Å². The zero-order valence-corrected chi connectivity index (χ0v) is 13.0. The number of carbonyl (C=O) groups excluding carboxylic acids is 1. The first-order valence-electron chi connectivity index (χ1n) is 7.55. The first-order valence-corrected chi connectivity index (χ1v) is 7.55. The molecular formula is C16H19NO6. The van der Waals surface area contributed by atoms with Crippen molar-refractivity contribution in [2.75, 3.05) is 13.1 Å². The largest absolute Gasteiger partial charge is 0.482 e. The monoisotopic (exact) mass is 321 g/mol. The molecule has 0 aliphatic carbocycles. The van der Waals surface area contributed by atoms with Crippen LogP contribution in [0.2, 0.25) is 0 Å². The normalized spacial score (nSPS) is 29.9. The molecule has 7 heteroatoms. The van der Waals surface area contributed by atoms with Crippen molar-refractivity contribution in [1.82, 2.24) is 4.90 Å². The van der Waals surface area contributed by atoms with Crippen LogP contribution in [0.15, 0.2) is 24.3 Å². The van der Waals surface area contributed by atoms with Crippen molar-refractivity contribution in [3.63, 3.8) is 0 Å². The lowest BCUT2D eigenvalue weighted by atomic mass is 10.1. The highest BCUT2D eigenvalue weighted by Gasteiger charge is 2.40. The number of aliphatic carboxylic acids is 1. The van der Waals surface area contributed by atoms with Gasteiger partial charge in [0.25, 0.3) is 5.91 Å². The summed E-state index contributed by atoms with van der Waals surface area (Å²) >= 11 is 0. The Hall–Kier alpha value is -2.28. The molecular weight excluding hydrogens is 302 g/mol. The molecule has 0 saturated carbocycles. The van der Waals surface area contributed by atoms with E-state index in [9.17, 15) is 9.59 Å². The number of carboxylic acids is 1. The summed E-state index contributed by atoms with van der Waals surface area (Å²) in [7, 11) is 0. The number of rotatable bonds is 2. The summed E-state index contributed by atoms with van der Waals surface area (Å²) < 4.78 is 16.9. The topological polar surface area (TPSA) is 85.3 Å². The highest BCUT2D eigenvalue weighted by atomic mass is 16.6. The van der Waals surface area contributed by atoms with Crippen LogP contribution in [0.1, 0.15) is 13.8 Å². The molecule has 23 heavy (non-hydrogen) atoms. The van der Waals surface area contributed by atoms with E-state index in [1.807, 2.05) is 6.07 Å². The average molecular weight is 321 g/mol. The molecule has 1 N–H and O–H groups in total. The predicted molar refractivity (Wildman–Crippen MR) is 79.5 cm³/mol. The van der Waals surface area contributed by atoms with Crippen LogP contribution in [-0.4, -0.2) is 59.4 Å². The van der Waals surface area contributed by atoms with E-state index >= 15 is 0 Å². The Balaban J connectivity index is 1.76. The fraction of sp³-hybridized carbons (Fsp3) is 0.500. The van der Waals surface area contributed by atoms with Gasteiger partial charge in [-0.25, -0.2) is 4.79 Å². The van der Waals surface area contributed by atoms with Gasteiger partial charge in [-0.3, -0.25) is 4.79 Å². The lowest BCUT2D eigenvalue weighted by Crippen LogP contribution is -2.57. The van der Waals surface area contributed by atoms with Crippen LogP contribution in [0.4, 0.5) is 0 Å². The fourth-order valence-corrected chi connectivity index (χ4v) is 2.84. The molecule has 1 aromatic carbocycles. The van der Waals surface area contributed by atoms with E-state index in [2.05, 4.69) is 0 Å². The Morgan fingerprint density at radius 3 is 2.43 bits per heavy atom. The number of hydrogen-bond donors (Lipinski definition) is 1. The summed E-state index contributed by atoms with van der Waals surface area (Å²) in [6.45, 7) is 3.84. The Morgan fingerprint density at radius 2 is 1.78 bits per heavy atom. The molecule has 1 saturated heterocycles. The second-order valence-electron chi connectivity index (χ2n) is 5.82. The number of benzene rings is 1. The van der Waals surface area contributed by atoms with Gasteiger partial charge in [0.15, 0.2) is 17.6 Å². The molecule has 2 aliphatic heterocycles. The molecule has 1 fully saturated rings. The van der Waals surface area contributed by atoms with E-state index in [1.54, 1.807) is 32.0 Å². The maximum absolute atomic E-state index is 12.8. The third-order valence-electron chi connectivity index (χ3n) is 3.93. The molecule has 3 unspecified atom stereocenters. The minimum atomic E-state index is -1.08. The number of para-hydroxylation sites is 2. The third-order valence-corrected chi connectivity index (χ3v) is 3.93. The van der Waals surface area contributed by atoms with Gasteiger partial charge in [0.2, 0.25) is 6.10 Å². The van der Waals surface area contributed by atoms with E-state index in [0.717, 1.165) is 0 Å². The van der Waals surface area contributed by atoms with Gasteiger partial charge in [-0.1, -0.05) is 12.1 Å². The van der Waals surface area contributed by atoms with Crippen molar-refractivity contribution in [3.8, 4) is 11.5 Å². The van der Waals surface area contributed by atoms with Crippen LogP contribution >= 0.6 is 0 Å². The number of hydrogen-bond acceptors (Lipinski definition) is 5. The summed E-state index contributed by atoms with van der Waals surface area (Å²) in [6.07, 6.45) is -2.63. The van der Waals surface area contributed by atoms with Gasteiger partial charge in [-0.15, -0.1) is 0 Å². The first-order chi connectivity index (χ1) is 11.0. The molecule has 0 radical (unpaired) electrons. The van der Waals surface area contributed by atoms with Crippen LogP contribution in [0, 0.1) is 0 Å². The van der Waals surface area contributed by atoms with Gasteiger partial charge in [0, 0.05) is 6.54 Å². The Kier molecular flexibility index (Phi) is 4.12. The molecule has 1 aromatic rings. The lowest BCUT2D eigenvalue weighted by Gasteiger charge is -2.39. The minimum Gasteiger partial charge on any atom is -0.482 e. The van der Waals surface area contributed by atoms with Crippen molar-refractivity contribution in [2.45, 2.75) is 38.3 Å². The van der Waals surface area contributed by atoms with E-state index in [-0.39, 0.29) is 18.6 Å². The van der Waals surface area contributed by atoms with Crippen molar-refractivity contribution in [2.24, 2.45) is 0 Å². The zero-order valence-electron chi connectivity index (χ0n) is 13.0. The Morgan fingerprint density at radius 1 is 1.13 bits per heavy atom. The van der Waals surface area contributed by atoms with Crippen LogP contribution in [0.25, 0.3) is 0 Å². The number of nitrogens with zero attached hydrogens (tertiary/aromatic N) is 1. The van der Waals surface area contributed by atoms with Gasteiger partial charge in [-0.05, 0) is 26.0 Å². The number of fused-ring (bicyclic) bond motifs is 1. The molecule has 0 spiro atoms. The number of ether oxygens (including phenoxy) is 3. The predicted octanol–water partition coefficient (Wildman–Crippen LogP) is 0.915. The quantitative estimate of drug-likeness (QED) is 0.872. The Labute approximate surface area is 133 Å². The summed E-state index contributed by atoms with van der Waals surface area (Å²) in [6, 6.07) is 7.16. The number of carboxylic acid groups (broad SMARTS) is 1. The molecule has 124 valence electrons. The minimum absolute atomic E-state index is 0.00668. The molecule has 2 aliphatic rings. The van der Waals surface area contributed by atoms with Crippen molar-refractivity contribution >= 4 is 11.9 Å². The van der Waals surface area contributed by atoms with Crippen molar-refractivity contribution < 1.29 is 28.9 Å². The van der Waals surface area contributed by atoms with Crippen molar-refractivity contribution in [1.29, 1.82) is 0 Å². The molecule has 0 aromatic heterocycles. The molecule has 0 bridgehead atoms. The maximum atomic E-state index is 12.8. The van der Waals surface area contributed by atoms with E-state index in [4.69, 9.17) is 19.3 Å². The van der Waals surface area contributed by atoms with Crippen LogP contribution in [-0.2, 0) is 14.3 Å². The van der Waals surface area contributed by atoms with Crippen LogP contribution < -0.4 is 9.47 Å². The van der Waals surface area contributed by atoms with Gasteiger partial charge < -0.3 is 24.2 Å². The molecule has 3 rings (SSSR count). The molecule has 7 nitrogen and oxygen atoms in total. The summed E-state index contributed by atoms with van der Waals surface area (Å²) in [5, 5.41) is 9.13. The number of amides is 1. The second-order valence-corrected chi connectivity index (χ2v) is 5.82. The lowest BCUT2D eigenvalue weighted by molar-refractivity contribution is -0.170. The Bertz CT molecular complexity index is 618. The van der Waals surface area contributed by atoms with Gasteiger partial charge >= 0.3 is 5.97 Å². The van der Waals surface area contributed by atoms with Crippen LogP contribution in [0.5, 0.6) is 11.5 Å².